The zero-order valence-electron chi connectivity index (χ0n) is 7.66. The number of anilines is 1. The molecule has 3 N–H and O–H groups in total. The molecular weight excluding hydrogens is 256 g/mol. The maximum atomic E-state index is 8.88. The van der Waals surface area contributed by atoms with Crippen LogP contribution >= 0.6 is 15.9 Å². The molecule has 15 heavy (non-hydrogen) atoms. The molecule has 0 saturated heterocycles. The van der Waals surface area contributed by atoms with E-state index in [0.717, 1.165) is 15.4 Å². The predicted molar refractivity (Wildman–Crippen MR) is 62.0 cm³/mol. The van der Waals surface area contributed by atoms with Gasteiger partial charge in [-0.25, -0.2) is 0 Å². The van der Waals surface area contributed by atoms with E-state index in [1.54, 1.807) is 0 Å². The number of nitriles is 1. The van der Waals surface area contributed by atoms with E-state index in [0.29, 0.717) is 11.3 Å². The van der Waals surface area contributed by atoms with Crippen LogP contribution in [0.5, 0.6) is 0 Å². The summed E-state index contributed by atoms with van der Waals surface area (Å²) in [4.78, 5) is 4.20. The van der Waals surface area contributed by atoms with E-state index in [2.05, 4.69) is 26.3 Å². The lowest BCUT2D eigenvalue weighted by Gasteiger charge is -2.07. The standard InChI is InChI=1S/C10H7BrN4/c11-8-3-1-2-7-9(15-13)6(4-12)5-14-10(7)8/h1-3,5H,13H2,(H,14,15). The van der Waals surface area contributed by atoms with Gasteiger partial charge in [0.25, 0.3) is 0 Å². The molecule has 0 spiro atoms. The fourth-order valence-electron chi connectivity index (χ4n) is 1.43. The van der Waals surface area contributed by atoms with Gasteiger partial charge in [-0.15, -0.1) is 0 Å². The molecule has 0 aliphatic heterocycles. The van der Waals surface area contributed by atoms with Gasteiger partial charge in [-0.2, -0.15) is 5.26 Å². The van der Waals surface area contributed by atoms with Crippen LogP contribution < -0.4 is 11.3 Å². The summed E-state index contributed by atoms with van der Waals surface area (Å²) in [5.74, 6) is 5.40. The first-order chi connectivity index (χ1) is 7.27. The number of nitrogens with one attached hydrogen (secondary N) is 1. The normalized spacial score (nSPS) is 9.93. The highest BCUT2D eigenvalue weighted by Gasteiger charge is 2.08. The maximum absolute atomic E-state index is 8.88. The molecule has 2 rings (SSSR count). The van der Waals surface area contributed by atoms with E-state index in [-0.39, 0.29) is 0 Å². The van der Waals surface area contributed by atoms with Crippen molar-refractivity contribution in [3.63, 3.8) is 0 Å². The molecule has 0 saturated carbocycles. The van der Waals surface area contributed by atoms with Crippen molar-refractivity contribution < 1.29 is 0 Å². The van der Waals surface area contributed by atoms with E-state index < -0.39 is 0 Å². The Kier molecular flexibility index (Phi) is 2.54. The lowest BCUT2D eigenvalue weighted by Crippen LogP contribution is -2.09. The molecule has 1 aromatic carbocycles. The highest BCUT2D eigenvalue weighted by Crippen LogP contribution is 2.29. The van der Waals surface area contributed by atoms with Crippen LogP contribution in [0.3, 0.4) is 0 Å². The molecule has 0 fully saturated rings. The molecule has 0 aliphatic rings. The van der Waals surface area contributed by atoms with Gasteiger partial charge >= 0.3 is 0 Å². The second-order valence-electron chi connectivity index (χ2n) is 2.94. The molecule has 2 aromatic rings. The average molecular weight is 263 g/mol. The Morgan fingerprint density at radius 2 is 2.27 bits per heavy atom. The lowest BCUT2D eigenvalue weighted by molar-refractivity contribution is 1.30. The van der Waals surface area contributed by atoms with Gasteiger partial charge in [0.05, 0.1) is 16.8 Å². The molecule has 1 heterocycles. The molecule has 0 atom stereocenters. The molecule has 5 heteroatoms. The number of nitrogens with zero attached hydrogens (tertiary/aromatic N) is 2. The zero-order valence-corrected chi connectivity index (χ0v) is 9.25. The number of fused-ring (bicyclic) bond motifs is 1. The first-order valence-electron chi connectivity index (χ1n) is 4.22. The van der Waals surface area contributed by atoms with Crippen molar-refractivity contribution in [2.75, 3.05) is 5.43 Å². The second-order valence-corrected chi connectivity index (χ2v) is 3.79. The molecule has 0 unspecified atom stereocenters. The van der Waals surface area contributed by atoms with Gasteiger partial charge in [-0.05, 0) is 22.0 Å². The van der Waals surface area contributed by atoms with Crippen LogP contribution in [-0.4, -0.2) is 4.98 Å². The highest BCUT2D eigenvalue weighted by molar-refractivity contribution is 9.10. The fraction of sp³-hybridized carbons (Fsp3) is 0. The number of halogens is 1. The summed E-state index contributed by atoms with van der Waals surface area (Å²) >= 11 is 3.39. The molecule has 0 aliphatic carbocycles. The summed E-state index contributed by atoms with van der Waals surface area (Å²) in [6, 6.07) is 7.66. The minimum Gasteiger partial charge on any atom is -0.322 e. The summed E-state index contributed by atoms with van der Waals surface area (Å²) in [6.45, 7) is 0. The van der Waals surface area contributed by atoms with Crippen molar-refractivity contribution in [3.8, 4) is 6.07 Å². The van der Waals surface area contributed by atoms with Gasteiger partial charge in [0.2, 0.25) is 0 Å². The smallest absolute Gasteiger partial charge is 0.103 e. The van der Waals surface area contributed by atoms with Crippen LogP contribution in [0.15, 0.2) is 28.9 Å². The second kappa shape index (κ2) is 3.85. The molecular formula is C10H7BrN4. The predicted octanol–water partition coefficient (Wildman–Crippen LogP) is 2.15. The number of nitrogens with two attached hydrogens (primary N) is 1. The molecule has 0 amide bonds. The number of para-hydroxylation sites is 1. The first kappa shape index (κ1) is 9.90. The first-order valence-corrected chi connectivity index (χ1v) is 5.01. The quantitative estimate of drug-likeness (QED) is 0.610. The number of rotatable bonds is 1. The molecule has 0 bridgehead atoms. The van der Waals surface area contributed by atoms with E-state index in [1.807, 2.05) is 24.3 Å². The van der Waals surface area contributed by atoms with E-state index in [9.17, 15) is 0 Å². The van der Waals surface area contributed by atoms with E-state index in [1.165, 1.54) is 6.20 Å². The number of hydrogen-bond acceptors (Lipinski definition) is 4. The molecule has 1 aromatic heterocycles. The number of nitrogen functional groups attached to an aromatic ring is 1. The zero-order chi connectivity index (χ0) is 10.8. The van der Waals surface area contributed by atoms with Crippen molar-refractivity contribution in [2.45, 2.75) is 0 Å². The van der Waals surface area contributed by atoms with Crippen LogP contribution in [0.2, 0.25) is 0 Å². The van der Waals surface area contributed by atoms with Gasteiger partial charge in [0.15, 0.2) is 0 Å². The van der Waals surface area contributed by atoms with Crippen LogP contribution in [0.25, 0.3) is 10.9 Å². The molecule has 0 radical (unpaired) electrons. The van der Waals surface area contributed by atoms with Crippen molar-refractivity contribution in [1.82, 2.24) is 4.98 Å². The summed E-state index contributed by atoms with van der Waals surface area (Å²) in [7, 11) is 0. The van der Waals surface area contributed by atoms with Gasteiger partial charge in [0, 0.05) is 16.1 Å². The highest BCUT2D eigenvalue weighted by atomic mass is 79.9. The number of aromatic nitrogens is 1. The number of benzene rings is 1. The molecule has 4 nitrogen and oxygen atoms in total. The Balaban J connectivity index is 2.90. The lowest BCUT2D eigenvalue weighted by atomic mass is 10.1. The third-order valence-corrected chi connectivity index (χ3v) is 2.75. The minimum atomic E-state index is 0.433. The number of hydrazine groups is 1. The Morgan fingerprint density at radius 3 is 2.93 bits per heavy atom. The Labute approximate surface area is 94.8 Å². The van der Waals surface area contributed by atoms with Crippen LogP contribution in [-0.2, 0) is 0 Å². The van der Waals surface area contributed by atoms with Crippen molar-refractivity contribution >= 4 is 32.5 Å². The topological polar surface area (TPSA) is 74.7 Å². The summed E-state index contributed by atoms with van der Waals surface area (Å²) in [5, 5.41) is 9.71. The van der Waals surface area contributed by atoms with Crippen LogP contribution in [0, 0.1) is 11.3 Å². The monoisotopic (exact) mass is 262 g/mol. The third kappa shape index (κ3) is 1.54. The minimum absolute atomic E-state index is 0.433. The largest absolute Gasteiger partial charge is 0.322 e. The summed E-state index contributed by atoms with van der Waals surface area (Å²) < 4.78 is 0.876. The van der Waals surface area contributed by atoms with E-state index in [4.69, 9.17) is 11.1 Å². The number of hydrogen-bond donors (Lipinski definition) is 2. The fourth-order valence-corrected chi connectivity index (χ4v) is 1.90. The summed E-state index contributed by atoms with van der Waals surface area (Å²) in [5.41, 5.74) is 4.35. The van der Waals surface area contributed by atoms with Gasteiger partial charge in [0.1, 0.15) is 6.07 Å². The van der Waals surface area contributed by atoms with Crippen molar-refractivity contribution in [3.05, 3.63) is 34.4 Å². The Morgan fingerprint density at radius 1 is 1.47 bits per heavy atom. The van der Waals surface area contributed by atoms with E-state index >= 15 is 0 Å². The third-order valence-electron chi connectivity index (χ3n) is 2.11. The van der Waals surface area contributed by atoms with Crippen molar-refractivity contribution in [1.29, 1.82) is 5.26 Å². The molecule has 74 valence electrons. The SMILES string of the molecule is N#Cc1cnc2c(Br)cccc2c1NN. The average Bonchev–Trinajstić information content (AvgIpc) is 2.28. The van der Waals surface area contributed by atoms with Crippen LogP contribution in [0.4, 0.5) is 5.69 Å². The Hall–Kier alpha value is -1.64. The van der Waals surface area contributed by atoms with Gasteiger partial charge < -0.3 is 5.43 Å². The van der Waals surface area contributed by atoms with Crippen molar-refractivity contribution in [2.24, 2.45) is 5.84 Å². The van der Waals surface area contributed by atoms with Crippen LogP contribution in [0.1, 0.15) is 5.56 Å². The van der Waals surface area contributed by atoms with Gasteiger partial charge in [-0.3, -0.25) is 10.8 Å². The van der Waals surface area contributed by atoms with Gasteiger partial charge in [-0.1, -0.05) is 12.1 Å². The Bertz CT molecular complexity index is 559. The maximum Gasteiger partial charge on any atom is 0.103 e. The summed E-state index contributed by atoms with van der Waals surface area (Å²) in [6.07, 6.45) is 1.50. The number of pyridine rings is 1.